The van der Waals surface area contributed by atoms with E-state index >= 15 is 0 Å². The average Bonchev–Trinajstić information content (AvgIpc) is 2.83. The number of H-pyrrole nitrogens is 1. The maximum absolute atomic E-state index is 10.4. The lowest BCUT2D eigenvalue weighted by molar-refractivity contribution is -0.0982. The second-order valence-electron chi connectivity index (χ2n) is 6.16. The Bertz CT molecular complexity index is 695. The van der Waals surface area contributed by atoms with Gasteiger partial charge in [-0.15, -0.1) is 0 Å². The Hall–Kier alpha value is -1.81. The highest BCUT2D eigenvalue weighted by molar-refractivity contribution is 6.63. The van der Waals surface area contributed by atoms with Crippen molar-refractivity contribution in [2.75, 3.05) is 0 Å². The molecule has 0 fully saturated rings. The third kappa shape index (κ3) is 2.95. The smallest absolute Gasteiger partial charge is 0.423 e. The van der Waals surface area contributed by atoms with Crippen molar-refractivity contribution in [2.24, 2.45) is 0 Å². The zero-order chi connectivity index (χ0) is 15.8. The fourth-order valence-corrected chi connectivity index (χ4v) is 1.95. The molecule has 0 bridgehead atoms. The first-order chi connectivity index (χ1) is 9.65. The van der Waals surface area contributed by atoms with E-state index in [4.69, 9.17) is 9.92 Å². The number of rotatable bonds is 4. The van der Waals surface area contributed by atoms with Gasteiger partial charge in [-0.3, -0.25) is 0 Å². The predicted octanol–water partition coefficient (Wildman–Crippen LogP) is 1.29. The van der Waals surface area contributed by atoms with Crippen LogP contribution in [0.4, 0.5) is 0 Å². The summed E-state index contributed by atoms with van der Waals surface area (Å²) in [4.78, 5) is 3.02. The minimum absolute atomic E-state index is 0.434. The molecule has 2 rings (SSSR count). The lowest BCUT2D eigenvalue weighted by Gasteiger charge is -2.38. The first-order valence-corrected chi connectivity index (χ1v) is 6.75. The SMILES string of the molecule is CC(C)(O)C(C)(C)OB(O)c1cc(C#N)cc2[nH]ccc12. The van der Waals surface area contributed by atoms with Crippen LogP contribution in [0.1, 0.15) is 33.3 Å². The van der Waals surface area contributed by atoms with Crippen LogP contribution in [0.25, 0.3) is 10.9 Å². The highest BCUT2D eigenvalue weighted by Crippen LogP contribution is 2.26. The van der Waals surface area contributed by atoms with Crippen LogP contribution in [-0.4, -0.2) is 33.4 Å². The predicted molar refractivity (Wildman–Crippen MR) is 82.1 cm³/mol. The minimum Gasteiger partial charge on any atom is -0.423 e. The second kappa shape index (κ2) is 5.19. The monoisotopic (exact) mass is 286 g/mol. The maximum Gasteiger partial charge on any atom is 0.492 e. The van der Waals surface area contributed by atoms with Crippen LogP contribution in [0.2, 0.25) is 0 Å². The van der Waals surface area contributed by atoms with Gasteiger partial charge in [-0.25, -0.2) is 0 Å². The largest absolute Gasteiger partial charge is 0.492 e. The van der Waals surface area contributed by atoms with E-state index in [-0.39, 0.29) is 0 Å². The molecule has 1 heterocycles. The van der Waals surface area contributed by atoms with Crippen LogP contribution in [0, 0.1) is 11.3 Å². The van der Waals surface area contributed by atoms with Crippen molar-refractivity contribution < 1.29 is 14.8 Å². The Morgan fingerprint density at radius 1 is 1.29 bits per heavy atom. The molecule has 0 spiro atoms. The van der Waals surface area contributed by atoms with Gasteiger partial charge in [0.2, 0.25) is 0 Å². The van der Waals surface area contributed by atoms with E-state index in [9.17, 15) is 10.1 Å². The molecule has 3 N–H and O–H groups in total. The van der Waals surface area contributed by atoms with Gasteiger partial charge in [-0.2, -0.15) is 5.26 Å². The van der Waals surface area contributed by atoms with Gasteiger partial charge in [-0.05, 0) is 56.7 Å². The van der Waals surface area contributed by atoms with Gasteiger partial charge in [0, 0.05) is 11.7 Å². The Morgan fingerprint density at radius 3 is 2.52 bits per heavy atom. The van der Waals surface area contributed by atoms with Gasteiger partial charge < -0.3 is 19.8 Å². The van der Waals surface area contributed by atoms with Gasteiger partial charge >= 0.3 is 7.12 Å². The Balaban J connectivity index is 2.42. The van der Waals surface area contributed by atoms with Gasteiger partial charge in [0.1, 0.15) is 0 Å². The van der Waals surface area contributed by atoms with Crippen LogP contribution in [0.3, 0.4) is 0 Å². The van der Waals surface area contributed by atoms with Crippen molar-refractivity contribution >= 4 is 23.5 Å². The lowest BCUT2D eigenvalue weighted by Crippen LogP contribution is -2.53. The number of benzene rings is 1. The number of aromatic amines is 1. The maximum atomic E-state index is 10.4. The van der Waals surface area contributed by atoms with Gasteiger partial charge in [0.25, 0.3) is 0 Å². The van der Waals surface area contributed by atoms with Gasteiger partial charge in [-0.1, -0.05) is 0 Å². The molecule has 0 saturated heterocycles. The summed E-state index contributed by atoms with van der Waals surface area (Å²) in [6.07, 6.45) is 1.74. The summed E-state index contributed by atoms with van der Waals surface area (Å²) in [7, 11) is -1.24. The lowest BCUT2D eigenvalue weighted by atomic mass is 9.74. The van der Waals surface area contributed by atoms with Gasteiger partial charge in [0.15, 0.2) is 0 Å². The number of nitriles is 1. The molecule has 2 aromatic rings. The number of hydrogen-bond acceptors (Lipinski definition) is 4. The number of fused-ring (bicyclic) bond motifs is 1. The van der Waals surface area contributed by atoms with E-state index in [0.717, 1.165) is 10.9 Å². The van der Waals surface area contributed by atoms with Gasteiger partial charge in [0.05, 0.1) is 22.8 Å². The van der Waals surface area contributed by atoms with E-state index in [0.29, 0.717) is 11.0 Å². The summed E-state index contributed by atoms with van der Waals surface area (Å²) in [5.41, 5.74) is -0.394. The summed E-state index contributed by atoms with van der Waals surface area (Å²) in [5.74, 6) is 0. The summed E-state index contributed by atoms with van der Waals surface area (Å²) >= 11 is 0. The zero-order valence-electron chi connectivity index (χ0n) is 12.6. The summed E-state index contributed by atoms with van der Waals surface area (Å²) in [6, 6.07) is 7.19. The van der Waals surface area contributed by atoms with Crippen molar-refractivity contribution in [1.29, 1.82) is 5.26 Å². The molecule has 110 valence electrons. The summed E-state index contributed by atoms with van der Waals surface area (Å²) < 4.78 is 5.65. The van der Waals surface area contributed by atoms with E-state index in [1.54, 1.807) is 46.0 Å². The normalized spacial score (nSPS) is 12.4. The molecule has 21 heavy (non-hydrogen) atoms. The molecule has 0 saturated carbocycles. The fraction of sp³-hybridized carbons (Fsp3) is 0.400. The fourth-order valence-electron chi connectivity index (χ4n) is 1.95. The molecule has 0 atom stereocenters. The number of nitrogens with one attached hydrogen (secondary N) is 1. The molecule has 0 aliphatic rings. The zero-order valence-corrected chi connectivity index (χ0v) is 12.6. The quantitative estimate of drug-likeness (QED) is 0.739. The van der Waals surface area contributed by atoms with Crippen molar-refractivity contribution in [3.05, 3.63) is 30.0 Å². The molecule has 0 radical (unpaired) electrons. The van der Waals surface area contributed by atoms with Crippen LogP contribution in [0.15, 0.2) is 24.4 Å². The highest BCUT2D eigenvalue weighted by atomic mass is 16.5. The van der Waals surface area contributed by atoms with Crippen LogP contribution >= 0.6 is 0 Å². The molecule has 5 nitrogen and oxygen atoms in total. The van der Waals surface area contributed by atoms with Crippen LogP contribution in [0.5, 0.6) is 0 Å². The van der Waals surface area contributed by atoms with E-state index < -0.39 is 18.3 Å². The first kappa shape index (κ1) is 15.6. The minimum atomic E-state index is -1.24. The Kier molecular flexibility index (Phi) is 3.85. The van der Waals surface area contributed by atoms with E-state index in [1.807, 2.05) is 6.07 Å². The molecule has 1 aromatic heterocycles. The molecular weight excluding hydrogens is 267 g/mol. The number of nitrogens with zero attached hydrogens (tertiary/aromatic N) is 1. The number of hydrogen-bond donors (Lipinski definition) is 3. The second-order valence-corrected chi connectivity index (χ2v) is 6.16. The third-order valence-electron chi connectivity index (χ3n) is 3.98. The summed E-state index contributed by atoms with van der Waals surface area (Å²) in [5, 5.41) is 30.4. The van der Waals surface area contributed by atoms with E-state index in [1.165, 1.54) is 0 Å². The molecular formula is C15H19BN2O3. The standard InChI is InChI=1S/C15H19BN2O3/c1-14(2,19)15(3,4)21-16(20)12-7-10(9-17)8-13-11(12)5-6-18-13/h5-8,18-20H,1-4H3. The molecule has 0 amide bonds. The van der Waals surface area contributed by atoms with Crippen LogP contribution < -0.4 is 5.46 Å². The van der Waals surface area contributed by atoms with Crippen molar-refractivity contribution in [3.8, 4) is 6.07 Å². The third-order valence-corrected chi connectivity index (χ3v) is 3.98. The molecule has 6 heteroatoms. The topological polar surface area (TPSA) is 89.3 Å². The first-order valence-electron chi connectivity index (χ1n) is 6.75. The average molecular weight is 286 g/mol. The Labute approximate surface area is 124 Å². The molecule has 0 aliphatic heterocycles. The van der Waals surface area contributed by atoms with Crippen molar-refractivity contribution in [2.45, 2.75) is 38.9 Å². The van der Waals surface area contributed by atoms with Crippen molar-refractivity contribution in [3.63, 3.8) is 0 Å². The molecule has 1 aromatic carbocycles. The molecule has 0 aliphatic carbocycles. The summed E-state index contributed by atoms with van der Waals surface area (Å²) in [6.45, 7) is 6.66. The van der Waals surface area contributed by atoms with Crippen molar-refractivity contribution in [1.82, 2.24) is 4.98 Å². The van der Waals surface area contributed by atoms with Crippen LogP contribution in [-0.2, 0) is 4.65 Å². The number of aromatic nitrogens is 1. The van der Waals surface area contributed by atoms with E-state index in [2.05, 4.69) is 11.1 Å². The highest BCUT2D eigenvalue weighted by Gasteiger charge is 2.40. The molecule has 0 unspecified atom stereocenters. The number of aliphatic hydroxyl groups is 1. The Morgan fingerprint density at radius 2 is 1.95 bits per heavy atom.